The highest BCUT2D eigenvalue weighted by Crippen LogP contribution is 2.16. The van der Waals surface area contributed by atoms with Crippen molar-refractivity contribution in [3.63, 3.8) is 0 Å². The molecule has 21 heavy (non-hydrogen) atoms. The Hall–Kier alpha value is -1.75. The fraction of sp³-hybridized carbons (Fsp3) is 0.235. The number of nitrogens with zero attached hydrogens (tertiary/aromatic N) is 2. The van der Waals surface area contributed by atoms with E-state index in [4.69, 9.17) is 4.98 Å². The third-order valence-corrected chi connectivity index (χ3v) is 4.28. The van der Waals surface area contributed by atoms with Crippen molar-refractivity contribution in [1.82, 2.24) is 9.88 Å². The van der Waals surface area contributed by atoms with Crippen LogP contribution in [0.15, 0.2) is 53.9 Å². The fourth-order valence-corrected chi connectivity index (χ4v) is 3.15. The van der Waals surface area contributed by atoms with Crippen LogP contribution in [0.3, 0.4) is 0 Å². The summed E-state index contributed by atoms with van der Waals surface area (Å²) in [7, 11) is 0. The Labute approximate surface area is 128 Å². The lowest BCUT2D eigenvalue weighted by Crippen LogP contribution is -2.26. The van der Waals surface area contributed by atoms with Crippen LogP contribution in [-0.4, -0.2) is 28.1 Å². The van der Waals surface area contributed by atoms with Crippen molar-refractivity contribution >= 4 is 22.2 Å². The molecule has 0 bridgehead atoms. The van der Waals surface area contributed by atoms with Gasteiger partial charge in [0.25, 0.3) is 0 Å². The number of thiophene rings is 1. The van der Waals surface area contributed by atoms with E-state index in [1.54, 1.807) is 11.3 Å². The largest absolute Gasteiger partial charge is 0.395 e. The SMILES string of the molecule is OCCN(Cc1ccc2ccccc2n1)Cc1cccs1. The third kappa shape index (κ3) is 3.67. The van der Waals surface area contributed by atoms with Crippen LogP contribution in [0, 0.1) is 0 Å². The summed E-state index contributed by atoms with van der Waals surface area (Å²) in [6, 6.07) is 16.5. The smallest absolute Gasteiger partial charge is 0.0705 e. The molecular formula is C17H18N2OS. The van der Waals surface area contributed by atoms with Crippen LogP contribution < -0.4 is 0 Å². The van der Waals surface area contributed by atoms with E-state index in [2.05, 4.69) is 40.6 Å². The van der Waals surface area contributed by atoms with Gasteiger partial charge in [-0.15, -0.1) is 11.3 Å². The molecule has 0 aliphatic carbocycles. The molecule has 0 amide bonds. The normalized spacial score (nSPS) is 11.3. The minimum atomic E-state index is 0.166. The van der Waals surface area contributed by atoms with Gasteiger partial charge in [0.15, 0.2) is 0 Å². The summed E-state index contributed by atoms with van der Waals surface area (Å²) < 4.78 is 0. The molecule has 3 nitrogen and oxygen atoms in total. The van der Waals surface area contributed by atoms with E-state index in [1.165, 1.54) is 4.88 Å². The quantitative estimate of drug-likeness (QED) is 0.758. The van der Waals surface area contributed by atoms with E-state index in [-0.39, 0.29) is 6.61 Å². The number of hydrogen-bond donors (Lipinski definition) is 1. The molecule has 2 aromatic heterocycles. The Morgan fingerprint density at radius 1 is 1.00 bits per heavy atom. The average molecular weight is 298 g/mol. The second-order valence-corrected chi connectivity index (χ2v) is 6.04. The van der Waals surface area contributed by atoms with Crippen LogP contribution >= 0.6 is 11.3 Å². The first-order valence-corrected chi connectivity index (χ1v) is 7.93. The van der Waals surface area contributed by atoms with E-state index in [1.807, 2.05) is 18.2 Å². The number of rotatable bonds is 6. The Morgan fingerprint density at radius 3 is 2.71 bits per heavy atom. The summed E-state index contributed by atoms with van der Waals surface area (Å²) >= 11 is 1.75. The van der Waals surface area contributed by atoms with Crippen LogP contribution in [0.2, 0.25) is 0 Å². The molecule has 0 spiro atoms. The molecule has 0 radical (unpaired) electrons. The van der Waals surface area contributed by atoms with Crippen LogP contribution in [0.1, 0.15) is 10.6 Å². The van der Waals surface area contributed by atoms with Gasteiger partial charge >= 0.3 is 0 Å². The van der Waals surface area contributed by atoms with Gasteiger partial charge in [-0.3, -0.25) is 9.88 Å². The van der Waals surface area contributed by atoms with Gasteiger partial charge in [-0.2, -0.15) is 0 Å². The number of aliphatic hydroxyl groups excluding tert-OH is 1. The number of aromatic nitrogens is 1. The summed E-state index contributed by atoms with van der Waals surface area (Å²) in [5.74, 6) is 0. The molecule has 1 N–H and O–H groups in total. The molecule has 3 rings (SSSR count). The zero-order chi connectivity index (χ0) is 14.5. The van der Waals surface area contributed by atoms with Crippen molar-refractivity contribution in [3.8, 4) is 0 Å². The minimum Gasteiger partial charge on any atom is -0.395 e. The predicted octanol–water partition coefficient (Wildman–Crippen LogP) is 3.29. The molecule has 0 fully saturated rings. The maximum atomic E-state index is 9.26. The van der Waals surface area contributed by atoms with Gasteiger partial charge in [0.2, 0.25) is 0 Å². The minimum absolute atomic E-state index is 0.166. The first-order chi connectivity index (χ1) is 10.3. The Balaban J connectivity index is 1.76. The molecule has 108 valence electrons. The Morgan fingerprint density at radius 2 is 1.90 bits per heavy atom. The van der Waals surface area contributed by atoms with Crippen LogP contribution in [0.4, 0.5) is 0 Å². The molecule has 1 aromatic carbocycles. The van der Waals surface area contributed by atoms with Crippen LogP contribution in [0.25, 0.3) is 10.9 Å². The molecule has 0 saturated heterocycles. The molecule has 0 unspecified atom stereocenters. The number of aliphatic hydroxyl groups is 1. The van der Waals surface area contributed by atoms with Crippen molar-refractivity contribution in [2.24, 2.45) is 0 Å². The molecule has 0 aliphatic rings. The first-order valence-electron chi connectivity index (χ1n) is 7.05. The molecule has 4 heteroatoms. The Bertz CT molecular complexity index is 697. The van der Waals surface area contributed by atoms with Crippen molar-refractivity contribution in [3.05, 3.63) is 64.5 Å². The third-order valence-electron chi connectivity index (χ3n) is 3.42. The lowest BCUT2D eigenvalue weighted by molar-refractivity contribution is 0.184. The monoisotopic (exact) mass is 298 g/mol. The van der Waals surface area contributed by atoms with E-state index in [9.17, 15) is 5.11 Å². The van der Waals surface area contributed by atoms with Gasteiger partial charge in [-0.25, -0.2) is 0 Å². The fourth-order valence-electron chi connectivity index (χ4n) is 2.40. The number of para-hydroxylation sites is 1. The van der Waals surface area contributed by atoms with E-state index in [0.717, 1.165) is 29.7 Å². The summed E-state index contributed by atoms with van der Waals surface area (Å²) in [6.07, 6.45) is 0. The molecule has 2 heterocycles. The molecular weight excluding hydrogens is 280 g/mol. The maximum absolute atomic E-state index is 9.26. The zero-order valence-electron chi connectivity index (χ0n) is 11.8. The van der Waals surface area contributed by atoms with E-state index < -0.39 is 0 Å². The Kier molecular flexibility index (Phi) is 4.60. The number of fused-ring (bicyclic) bond motifs is 1. The predicted molar refractivity (Wildman–Crippen MR) is 87.3 cm³/mol. The second kappa shape index (κ2) is 6.80. The summed E-state index contributed by atoms with van der Waals surface area (Å²) in [6.45, 7) is 2.43. The highest BCUT2D eigenvalue weighted by molar-refractivity contribution is 7.09. The summed E-state index contributed by atoms with van der Waals surface area (Å²) in [5.41, 5.74) is 2.06. The zero-order valence-corrected chi connectivity index (χ0v) is 12.6. The van der Waals surface area contributed by atoms with Crippen molar-refractivity contribution < 1.29 is 5.11 Å². The summed E-state index contributed by atoms with van der Waals surface area (Å²) in [5, 5.41) is 12.5. The number of hydrogen-bond acceptors (Lipinski definition) is 4. The number of pyridine rings is 1. The van der Waals surface area contributed by atoms with Gasteiger partial charge in [-0.05, 0) is 23.6 Å². The molecule has 0 saturated carbocycles. The molecule has 0 aliphatic heterocycles. The van der Waals surface area contributed by atoms with Crippen molar-refractivity contribution in [2.75, 3.05) is 13.2 Å². The van der Waals surface area contributed by atoms with E-state index >= 15 is 0 Å². The van der Waals surface area contributed by atoms with Gasteiger partial charge in [-0.1, -0.05) is 30.3 Å². The van der Waals surface area contributed by atoms with E-state index in [0.29, 0.717) is 6.54 Å². The highest BCUT2D eigenvalue weighted by atomic mass is 32.1. The average Bonchev–Trinajstić information content (AvgIpc) is 3.00. The van der Waals surface area contributed by atoms with Crippen LogP contribution in [-0.2, 0) is 13.1 Å². The number of benzene rings is 1. The topological polar surface area (TPSA) is 36.4 Å². The van der Waals surface area contributed by atoms with Crippen molar-refractivity contribution in [1.29, 1.82) is 0 Å². The highest BCUT2D eigenvalue weighted by Gasteiger charge is 2.08. The van der Waals surface area contributed by atoms with Gasteiger partial charge in [0.1, 0.15) is 0 Å². The maximum Gasteiger partial charge on any atom is 0.0705 e. The van der Waals surface area contributed by atoms with Gasteiger partial charge in [0.05, 0.1) is 17.8 Å². The second-order valence-electron chi connectivity index (χ2n) is 5.01. The van der Waals surface area contributed by atoms with Gasteiger partial charge in [0, 0.05) is 29.9 Å². The van der Waals surface area contributed by atoms with Crippen molar-refractivity contribution in [2.45, 2.75) is 13.1 Å². The lowest BCUT2D eigenvalue weighted by atomic mass is 10.2. The summed E-state index contributed by atoms with van der Waals surface area (Å²) in [4.78, 5) is 8.24. The standard InChI is InChI=1S/C17H18N2OS/c20-10-9-19(13-16-5-3-11-21-16)12-15-8-7-14-4-1-2-6-17(14)18-15/h1-8,11,20H,9-10,12-13H2. The molecule has 0 atom stereocenters. The first kappa shape index (κ1) is 14.2. The van der Waals surface area contributed by atoms with Gasteiger partial charge < -0.3 is 5.11 Å². The lowest BCUT2D eigenvalue weighted by Gasteiger charge is -2.20. The molecule has 3 aromatic rings. The van der Waals surface area contributed by atoms with Crippen LogP contribution in [0.5, 0.6) is 0 Å².